The molecule has 2 amide bonds. The lowest BCUT2D eigenvalue weighted by Crippen LogP contribution is -2.58. The summed E-state index contributed by atoms with van der Waals surface area (Å²) in [5, 5.41) is 10.5. The summed E-state index contributed by atoms with van der Waals surface area (Å²) < 4.78 is 0. The molecule has 0 saturated carbocycles. The molecule has 0 radical (unpaired) electrons. The molecule has 0 aromatic rings. The number of ketones is 1. The number of primary amides is 2. The smallest absolute Gasteiger partial charge is 0.250 e. The molecule has 25 heavy (non-hydrogen) atoms. The zero-order valence-corrected chi connectivity index (χ0v) is 15.5. The van der Waals surface area contributed by atoms with Gasteiger partial charge >= 0.3 is 0 Å². The van der Waals surface area contributed by atoms with E-state index >= 15 is 0 Å². The second kappa shape index (κ2) is 12.8. The van der Waals surface area contributed by atoms with Crippen LogP contribution in [0.1, 0.15) is 77.6 Å². The van der Waals surface area contributed by atoms with E-state index < -0.39 is 35.7 Å². The first-order valence-electron chi connectivity index (χ1n) is 9.35. The molecule has 7 N–H and O–H groups in total. The molecule has 0 aliphatic carbocycles. The van der Waals surface area contributed by atoms with Crippen molar-refractivity contribution in [2.24, 2.45) is 23.1 Å². The molecular weight excluding hydrogens is 322 g/mol. The number of rotatable bonds is 16. The highest BCUT2D eigenvalue weighted by Crippen LogP contribution is 2.26. The van der Waals surface area contributed by atoms with Gasteiger partial charge in [-0.05, 0) is 6.42 Å². The van der Waals surface area contributed by atoms with E-state index in [4.69, 9.17) is 17.2 Å². The molecule has 7 nitrogen and oxygen atoms in total. The first-order chi connectivity index (χ1) is 11.8. The molecule has 2 unspecified atom stereocenters. The molecule has 2 atom stereocenters. The van der Waals surface area contributed by atoms with Crippen molar-refractivity contribution >= 4 is 17.6 Å². The van der Waals surface area contributed by atoms with Gasteiger partial charge in [-0.15, -0.1) is 0 Å². The lowest BCUT2D eigenvalue weighted by atomic mass is 9.79. The van der Waals surface area contributed by atoms with Crippen LogP contribution in [0.4, 0.5) is 0 Å². The van der Waals surface area contributed by atoms with Crippen molar-refractivity contribution < 1.29 is 19.5 Å². The summed E-state index contributed by atoms with van der Waals surface area (Å²) in [6, 6.07) is 0. The predicted molar refractivity (Wildman–Crippen MR) is 97.4 cm³/mol. The Labute approximate surface area is 150 Å². The topological polar surface area (TPSA) is 150 Å². The molecule has 7 heteroatoms. The number of hydrogen-bond donors (Lipinski definition) is 4. The zero-order chi connectivity index (χ0) is 19.3. The lowest BCUT2D eigenvalue weighted by Gasteiger charge is -2.30. The Morgan fingerprint density at radius 2 is 1.32 bits per heavy atom. The minimum Gasteiger partial charge on any atom is -0.379 e. The highest BCUT2D eigenvalue weighted by atomic mass is 16.3. The molecule has 0 saturated heterocycles. The molecule has 0 bridgehead atoms. The highest BCUT2D eigenvalue weighted by molar-refractivity contribution is 6.07. The Kier molecular flexibility index (Phi) is 12.1. The molecule has 0 aliphatic heterocycles. The maximum absolute atomic E-state index is 11.8. The number of amides is 2. The average molecular weight is 357 g/mol. The van der Waals surface area contributed by atoms with Gasteiger partial charge in [-0.3, -0.25) is 14.4 Å². The van der Waals surface area contributed by atoms with Crippen LogP contribution in [-0.2, 0) is 14.4 Å². The Hall–Kier alpha value is -1.47. The fourth-order valence-electron chi connectivity index (χ4n) is 3.07. The van der Waals surface area contributed by atoms with Crippen molar-refractivity contribution in [1.82, 2.24) is 0 Å². The van der Waals surface area contributed by atoms with Crippen LogP contribution in [0.5, 0.6) is 0 Å². The molecule has 146 valence electrons. The summed E-state index contributed by atoms with van der Waals surface area (Å²) in [5.41, 5.74) is 13.4. The van der Waals surface area contributed by atoms with E-state index in [1.54, 1.807) is 0 Å². The number of unbranched alkanes of at least 4 members (excludes halogenated alkanes) is 9. The second-order valence-corrected chi connectivity index (χ2v) is 6.73. The molecular formula is C18H35N3O4. The van der Waals surface area contributed by atoms with Crippen LogP contribution in [0.3, 0.4) is 0 Å². The first-order valence-corrected chi connectivity index (χ1v) is 9.35. The van der Waals surface area contributed by atoms with Crippen molar-refractivity contribution in [3.63, 3.8) is 0 Å². The molecule has 0 fully saturated rings. The van der Waals surface area contributed by atoms with Crippen LogP contribution >= 0.6 is 0 Å². The number of carbonyl (C=O) groups is 3. The number of Topliss-reactive ketones (excluding diaryl/α,β-unsaturated/α-hetero) is 1. The third-order valence-corrected chi connectivity index (χ3v) is 4.62. The molecule has 0 heterocycles. The van der Waals surface area contributed by atoms with E-state index in [1.807, 2.05) is 0 Å². The van der Waals surface area contributed by atoms with E-state index in [0.29, 0.717) is 6.42 Å². The highest BCUT2D eigenvalue weighted by Gasteiger charge is 2.48. The van der Waals surface area contributed by atoms with Crippen molar-refractivity contribution in [3.05, 3.63) is 0 Å². The van der Waals surface area contributed by atoms with Crippen LogP contribution < -0.4 is 17.2 Å². The molecule has 0 aliphatic rings. The van der Waals surface area contributed by atoms with Gasteiger partial charge in [-0.2, -0.15) is 0 Å². The maximum atomic E-state index is 11.8. The predicted octanol–water partition coefficient (Wildman–Crippen LogP) is 1.14. The Balaban J connectivity index is 4.29. The van der Waals surface area contributed by atoms with Gasteiger partial charge in [0.25, 0.3) is 5.91 Å². The third-order valence-electron chi connectivity index (χ3n) is 4.62. The Bertz CT molecular complexity index is 429. The van der Waals surface area contributed by atoms with Crippen LogP contribution in [0, 0.1) is 5.92 Å². The normalized spacial score (nSPS) is 14.7. The minimum absolute atomic E-state index is 0.0713. The van der Waals surface area contributed by atoms with Gasteiger partial charge in [0.2, 0.25) is 5.91 Å². The van der Waals surface area contributed by atoms with E-state index in [9.17, 15) is 19.5 Å². The number of carbonyl (C=O) groups excluding carboxylic acids is 3. The summed E-state index contributed by atoms with van der Waals surface area (Å²) >= 11 is 0. The number of aliphatic hydroxyl groups is 1. The average Bonchev–Trinajstić information content (AvgIpc) is 2.55. The molecule has 0 rings (SSSR count). The van der Waals surface area contributed by atoms with Crippen LogP contribution in [0.2, 0.25) is 0 Å². The standard InChI is InChI=1S/C18H35N3O4/c1-2-3-4-5-6-7-8-9-10-11-12-18(25,17(21)24)15(16(20)23)14(22)13-19/h15,25H,2-13,19H2,1H3,(H2,20,23)(H2,21,24). The lowest BCUT2D eigenvalue weighted by molar-refractivity contribution is -0.156. The first kappa shape index (κ1) is 23.5. The number of nitrogens with two attached hydrogens (primary N) is 3. The van der Waals surface area contributed by atoms with Gasteiger partial charge in [0.15, 0.2) is 11.4 Å². The van der Waals surface area contributed by atoms with Gasteiger partial charge < -0.3 is 22.3 Å². The molecule has 0 aromatic carbocycles. The van der Waals surface area contributed by atoms with E-state index in [2.05, 4.69) is 6.92 Å². The SMILES string of the molecule is CCCCCCCCCCCCC(O)(C(N)=O)C(C(N)=O)C(=O)CN. The molecule has 0 spiro atoms. The minimum atomic E-state index is -2.26. The number of hydrogen-bond acceptors (Lipinski definition) is 5. The maximum Gasteiger partial charge on any atom is 0.250 e. The summed E-state index contributed by atoms with van der Waals surface area (Å²) in [6.07, 6.45) is 10.7. The van der Waals surface area contributed by atoms with Gasteiger partial charge in [0, 0.05) is 0 Å². The fourth-order valence-corrected chi connectivity index (χ4v) is 3.07. The Morgan fingerprint density at radius 1 is 0.880 bits per heavy atom. The quantitative estimate of drug-likeness (QED) is 0.241. The van der Waals surface area contributed by atoms with Crippen LogP contribution in [0.15, 0.2) is 0 Å². The monoisotopic (exact) mass is 357 g/mol. The van der Waals surface area contributed by atoms with Gasteiger partial charge in [-0.25, -0.2) is 0 Å². The summed E-state index contributed by atoms with van der Waals surface area (Å²) in [6.45, 7) is 1.71. The second-order valence-electron chi connectivity index (χ2n) is 6.73. The Morgan fingerprint density at radius 3 is 1.68 bits per heavy atom. The van der Waals surface area contributed by atoms with E-state index in [0.717, 1.165) is 19.3 Å². The van der Waals surface area contributed by atoms with Gasteiger partial charge in [-0.1, -0.05) is 71.1 Å². The van der Waals surface area contributed by atoms with Gasteiger partial charge in [0.05, 0.1) is 6.54 Å². The van der Waals surface area contributed by atoms with Crippen LogP contribution in [-0.4, -0.2) is 34.8 Å². The van der Waals surface area contributed by atoms with Crippen molar-refractivity contribution in [2.45, 2.75) is 83.2 Å². The summed E-state index contributed by atoms with van der Waals surface area (Å²) in [7, 11) is 0. The van der Waals surface area contributed by atoms with E-state index in [1.165, 1.54) is 38.5 Å². The fraction of sp³-hybridized carbons (Fsp3) is 0.833. The van der Waals surface area contributed by atoms with Crippen LogP contribution in [0.25, 0.3) is 0 Å². The van der Waals surface area contributed by atoms with Crippen molar-refractivity contribution in [2.75, 3.05) is 6.54 Å². The summed E-state index contributed by atoms with van der Waals surface area (Å²) in [5.74, 6) is -4.66. The van der Waals surface area contributed by atoms with E-state index in [-0.39, 0.29) is 6.42 Å². The third kappa shape index (κ3) is 8.45. The van der Waals surface area contributed by atoms with Crippen molar-refractivity contribution in [3.8, 4) is 0 Å². The van der Waals surface area contributed by atoms with Gasteiger partial charge in [0.1, 0.15) is 5.92 Å². The molecule has 0 aromatic heterocycles. The zero-order valence-electron chi connectivity index (χ0n) is 15.5. The largest absolute Gasteiger partial charge is 0.379 e. The summed E-state index contributed by atoms with van der Waals surface area (Å²) in [4.78, 5) is 35.0. The van der Waals surface area contributed by atoms with Crippen molar-refractivity contribution in [1.29, 1.82) is 0 Å².